The van der Waals surface area contributed by atoms with Crippen molar-refractivity contribution in [3.8, 4) is 11.8 Å². The highest BCUT2D eigenvalue weighted by molar-refractivity contribution is 5.97. The number of pyridine rings is 1. The number of nitrogens with zero attached hydrogens (tertiary/aromatic N) is 2. The van der Waals surface area contributed by atoms with Crippen LogP contribution in [0.2, 0.25) is 0 Å². The zero-order valence-corrected chi connectivity index (χ0v) is 12.5. The first-order valence-electron chi connectivity index (χ1n) is 6.69. The molecule has 0 aliphatic heterocycles. The summed E-state index contributed by atoms with van der Waals surface area (Å²) in [5.41, 5.74) is 6.27. The third-order valence-electron chi connectivity index (χ3n) is 2.90. The van der Waals surface area contributed by atoms with E-state index >= 15 is 0 Å². The van der Waals surface area contributed by atoms with Gasteiger partial charge in [-0.25, -0.2) is 0 Å². The lowest BCUT2D eigenvalue weighted by molar-refractivity contribution is -0.131. The maximum atomic E-state index is 12.1. The minimum Gasteiger partial charge on any atom is -0.344 e. The van der Waals surface area contributed by atoms with Crippen LogP contribution in [0.25, 0.3) is 0 Å². The molecule has 2 amide bonds. The van der Waals surface area contributed by atoms with Gasteiger partial charge in [0.05, 0.1) is 12.1 Å². The van der Waals surface area contributed by atoms with Crippen molar-refractivity contribution < 1.29 is 9.59 Å². The van der Waals surface area contributed by atoms with Gasteiger partial charge in [-0.05, 0) is 19.9 Å². The van der Waals surface area contributed by atoms with E-state index in [1.807, 2.05) is 6.92 Å². The number of likely N-dealkylation sites (N-methyl/N-ethyl adjacent to an activating group) is 1. The average molecular weight is 288 g/mol. The average Bonchev–Trinajstić information content (AvgIpc) is 2.51. The molecule has 3 N–H and O–H groups in total. The molecule has 21 heavy (non-hydrogen) atoms. The quantitative estimate of drug-likeness (QED) is 0.763. The van der Waals surface area contributed by atoms with Crippen molar-refractivity contribution in [3.05, 3.63) is 29.6 Å². The van der Waals surface area contributed by atoms with E-state index in [1.165, 1.54) is 6.20 Å². The summed E-state index contributed by atoms with van der Waals surface area (Å²) in [6.45, 7) is 4.35. The van der Waals surface area contributed by atoms with E-state index in [0.717, 1.165) is 0 Å². The molecular formula is C15H20N4O2. The molecule has 0 saturated carbocycles. The highest BCUT2D eigenvalue weighted by atomic mass is 16.2. The molecule has 1 atom stereocenters. The second-order valence-corrected chi connectivity index (χ2v) is 4.52. The molecule has 1 unspecified atom stereocenters. The third kappa shape index (κ3) is 4.89. The van der Waals surface area contributed by atoms with Crippen LogP contribution in [0.1, 0.15) is 29.8 Å². The fraction of sp³-hybridized carbons (Fsp3) is 0.400. The van der Waals surface area contributed by atoms with Crippen LogP contribution in [0, 0.1) is 11.8 Å². The Morgan fingerprint density at radius 2 is 2.19 bits per heavy atom. The summed E-state index contributed by atoms with van der Waals surface area (Å²) < 4.78 is 0. The number of nitrogens with one attached hydrogen (secondary N) is 1. The molecule has 1 heterocycles. The lowest BCUT2D eigenvalue weighted by Crippen LogP contribution is -2.45. The van der Waals surface area contributed by atoms with Gasteiger partial charge in [-0.15, -0.1) is 0 Å². The van der Waals surface area contributed by atoms with E-state index < -0.39 is 6.04 Å². The zero-order valence-electron chi connectivity index (χ0n) is 12.5. The van der Waals surface area contributed by atoms with Crippen molar-refractivity contribution in [2.24, 2.45) is 5.73 Å². The molecule has 0 radical (unpaired) electrons. The second kappa shape index (κ2) is 8.02. The van der Waals surface area contributed by atoms with E-state index in [1.54, 1.807) is 31.1 Å². The summed E-state index contributed by atoms with van der Waals surface area (Å²) in [6.07, 6.45) is 2.99. The number of nitrogens with two attached hydrogens (primary N) is 1. The van der Waals surface area contributed by atoms with Crippen molar-refractivity contribution in [3.63, 3.8) is 0 Å². The van der Waals surface area contributed by atoms with E-state index in [9.17, 15) is 9.59 Å². The SMILES string of the molecule is CCN(C)C(=O)C(C)NC(=O)c1cncc(C#CCN)c1. The molecule has 1 aromatic heterocycles. The van der Waals surface area contributed by atoms with E-state index in [-0.39, 0.29) is 18.4 Å². The van der Waals surface area contributed by atoms with Crippen molar-refractivity contribution >= 4 is 11.8 Å². The molecule has 0 aliphatic carbocycles. The first-order chi connectivity index (χ1) is 9.99. The maximum absolute atomic E-state index is 12.1. The van der Waals surface area contributed by atoms with Crippen LogP contribution in [0.3, 0.4) is 0 Å². The Balaban J connectivity index is 2.78. The van der Waals surface area contributed by atoms with Gasteiger partial charge in [0.1, 0.15) is 6.04 Å². The first-order valence-corrected chi connectivity index (χ1v) is 6.69. The van der Waals surface area contributed by atoms with E-state index in [4.69, 9.17) is 5.73 Å². The number of hydrogen-bond donors (Lipinski definition) is 2. The summed E-state index contributed by atoms with van der Waals surface area (Å²) in [4.78, 5) is 29.5. The van der Waals surface area contributed by atoms with Gasteiger partial charge in [-0.1, -0.05) is 11.8 Å². The predicted octanol–water partition coefficient (Wildman–Crippen LogP) is -0.0116. The minimum absolute atomic E-state index is 0.141. The smallest absolute Gasteiger partial charge is 0.253 e. The Labute approximate surface area is 124 Å². The van der Waals surface area contributed by atoms with Crippen molar-refractivity contribution in [1.82, 2.24) is 15.2 Å². The molecule has 6 nitrogen and oxygen atoms in total. The van der Waals surface area contributed by atoms with Gasteiger partial charge in [-0.3, -0.25) is 14.6 Å². The Hall–Kier alpha value is -2.39. The molecule has 1 aromatic rings. The molecule has 0 aliphatic rings. The largest absolute Gasteiger partial charge is 0.344 e. The molecular weight excluding hydrogens is 268 g/mol. The highest BCUT2D eigenvalue weighted by Gasteiger charge is 2.19. The number of hydrogen-bond acceptors (Lipinski definition) is 4. The molecule has 0 fully saturated rings. The summed E-state index contributed by atoms with van der Waals surface area (Å²) in [6, 6.07) is 1.02. The van der Waals surface area contributed by atoms with Gasteiger partial charge in [0, 0.05) is 31.5 Å². The molecule has 112 valence electrons. The Kier molecular flexibility index (Phi) is 6.37. The fourth-order valence-electron chi connectivity index (χ4n) is 1.61. The van der Waals surface area contributed by atoms with E-state index in [2.05, 4.69) is 22.1 Å². The normalized spacial score (nSPS) is 11.0. The number of carbonyl (C=O) groups excluding carboxylic acids is 2. The monoisotopic (exact) mass is 288 g/mol. The van der Waals surface area contributed by atoms with Crippen molar-refractivity contribution in [1.29, 1.82) is 0 Å². The molecule has 0 bridgehead atoms. The van der Waals surface area contributed by atoms with Crippen LogP contribution in [0.4, 0.5) is 0 Å². The Bertz CT molecular complexity index is 575. The van der Waals surface area contributed by atoms with Crippen LogP contribution in [-0.2, 0) is 4.79 Å². The maximum Gasteiger partial charge on any atom is 0.253 e. The Morgan fingerprint density at radius 1 is 1.48 bits per heavy atom. The Morgan fingerprint density at radius 3 is 2.81 bits per heavy atom. The molecule has 0 spiro atoms. The predicted molar refractivity (Wildman–Crippen MR) is 80.4 cm³/mol. The second-order valence-electron chi connectivity index (χ2n) is 4.52. The van der Waals surface area contributed by atoms with E-state index in [0.29, 0.717) is 17.7 Å². The van der Waals surface area contributed by atoms with Crippen LogP contribution < -0.4 is 11.1 Å². The number of rotatable bonds is 4. The summed E-state index contributed by atoms with van der Waals surface area (Å²) >= 11 is 0. The number of carbonyl (C=O) groups is 2. The standard InChI is InChI=1S/C15H20N4O2/c1-4-19(3)15(21)11(2)18-14(20)13-8-12(6-5-7-16)9-17-10-13/h8-11H,4,7,16H2,1-3H3,(H,18,20). The number of aromatic nitrogens is 1. The van der Waals surface area contributed by atoms with Crippen molar-refractivity contribution in [2.45, 2.75) is 19.9 Å². The summed E-state index contributed by atoms with van der Waals surface area (Å²) in [5.74, 6) is 5.01. The van der Waals surface area contributed by atoms with Crippen molar-refractivity contribution in [2.75, 3.05) is 20.1 Å². The first kappa shape index (κ1) is 16.7. The number of amides is 2. The summed E-state index contributed by atoms with van der Waals surface area (Å²) in [7, 11) is 1.69. The molecule has 6 heteroatoms. The van der Waals surface area contributed by atoms with Crippen LogP contribution in [0.5, 0.6) is 0 Å². The molecule has 0 saturated heterocycles. The lowest BCUT2D eigenvalue weighted by atomic mass is 10.2. The lowest BCUT2D eigenvalue weighted by Gasteiger charge is -2.20. The minimum atomic E-state index is -0.596. The topological polar surface area (TPSA) is 88.3 Å². The van der Waals surface area contributed by atoms with Gasteiger partial charge in [0.2, 0.25) is 5.91 Å². The molecule has 0 aromatic carbocycles. The summed E-state index contributed by atoms with van der Waals surface area (Å²) in [5, 5.41) is 2.65. The van der Waals surface area contributed by atoms with Crippen LogP contribution >= 0.6 is 0 Å². The van der Waals surface area contributed by atoms with Gasteiger partial charge in [-0.2, -0.15) is 0 Å². The van der Waals surface area contributed by atoms with Gasteiger partial charge >= 0.3 is 0 Å². The molecule has 1 rings (SSSR count). The van der Waals surface area contributed by atoms with Gasteiger partial charge < -0.3 is 16.0 Å². The van der Waals surface area contributed by atoms with Gasteiger partial charge in [0.15, 0.2) is 0 Å². The van der Waals surface area contributed by atoms with Crippen LogP contribution in [-0.4, -0.2) is 47.9 Å². The third-order valence-corrected chi connectivity index (χ3v) is 2.90. The fourth-order valence-corrected chi connectivity index (χ4v) is 1.61. The highest BCUT2D eigenvalue weighted by Crippen LogP contribution is 2.03. The van der Waals surface area contributed by atoms with Gasteiger partial charge in [0.25, 0.3) is 5.91 Å². The zero-order chi connectivity index (χ0) is 15.8. The van der Waals surface area contributed by atoms with Crippen LogP contribution in [0.15, 0.2) is 18.5 Å².